The van der Waals surface area contributed by atoms with Crippen molar-refractivity contribution in [3.05, 3.63) is 84.1 Å². The van der Waals surface area contributed by atoms with Crippen LogP contribution in [0.3, 0.4) is 0 Å². The quantitative estimate of drug-likeness (QED) is 0.0474. The van der Waals surface area contributed by atoms with E-state index in [9.17, 15) is 63.0 Å². The van der Waals surface area contributed by atoms with Gasteiger partial charge in [-0.3, -0.25) is 71.9 Å². The summed E-state index contributed by atoms with van der Waals surface area (Å²) >= 11 is 0. The number of ether oxygens (including phenoxy) is 2. The number of amides is 14. The van der Waals surface area contributed by atoms with Crippen LogP contribution >= 0.6 is 21.6 Å². The number of likely N-dealkylation sites (N-methyl/N-ethyl adjacent to an activating group) is 1. The molecule has 113 heavy (non-hydrogen) atoms. The lowest BCUT2D eigenvalue weighted by Crippen LogP contribution is -2.63. The Bertz CT molecular complexity index is 3690. The van der Waals surface area contributed by atoms with Gasteiger partial charge < -0.3 is 93.3 Å². The molecule has 2 aromatic carbocycles. The molecule has 36 heteroatoms. The van der Waals surface area contributed by atoms with Crippen LogP contribution in [0.1, 0.15) is 145 Å². The van der Waals surface area contributed by atoms with Gasteiger partial charge >= 0.3 is 11.9 Å². The van der Waals surface area contributed by atoms with Gasteiger partial charge in [0.1, 0.15) is 78.6 Å². The predicted molar refractivity (Wildman–Crippen MR) is 419 cm³/mol. The standard InChI is InChI=1S/C77H114N14O20S2/c1-15-41(6)33-50-67(99)87-60(40(4)5)76(108)90(13)63(47(12)110-14)74(106)85-54(37-92)77(109)111-46(11)62-73(105)84-53(36-49-27-22-19-23-28-49)75(107)91-32-24-29-57(91)71(103)86-56(70(102)88-61(43(8)17-3)72(104)79-45(10)65(97)81-50)39-113-112-38-55(80-58(93)30-31-59(94)95)69(101)83-52(35-48-25-20-18-21-26-48)66(98)78-44(9)64(96)82-51(68(100)89-62)34-42(7)16-2/h18-23,25-28,40-44,46-47,50-57,60-63,92H,10,15-17,24,29-39H2,1-9,11-14H3,(H,78,98)(H,79,104)(H,80,93)(H,81,97)(H,82,96)(H,83,101)(H,84,105)(H,85,106)(H,86,103)(H,87,99)(H,88,102)(H,89,100)(H,94,95)/t41-,42+,43+,44-,46-,47-,50+,51?,52-,53-,54+,55+,56+,57+,60?,61?,62-,63+/m1/s1. The Balaban J connectivity index is 1.80. The van der Waals surface area contributed by atoms with Gasteiger partial charge in [0.25, 0.3) is 5.91 Å². The smallest absolute Gasteiger partial charge is 0.331 e. The van der Waals surface area contributed by atoms with E-state index < -0.39 is 228 Å². The fourth-order valence-electron chi connectivity index (χ4n) is 12.6. The van der Waals surface area contributed by atoms with Crippen molar-refractivity contribution < 1.29 is 96.4 Å². The maximum absolute atomic E-state index is 15.6. The highest BCUT2D eigenvalue weighted by Crippen LogP contribution is 2.27. The largest absolute Gasteiger partial charge is 0.481 e. The Morgan fingerprint density at radius 1 is 0.593 bits per heavy atom. The molecule has 3 heterocycles. The van der Waals surface area contributed by atoms with E-state index in [1.165, 1.54) is 39.8 Å². The average Bonchev–Trinajstić information content (AvgIpc) is 1.75. The summed E-state index contributed by atoms with van der Waals surface area (Å²) in [4.78, 5) is 236. The van der Waals surface area contributed by atoms with E-state index in [1.807, 2.05) is 6.92 Å². The molecule has 0 radical (unpaired) electrons. The number of methoxy groups -OCH3 is 1. The molecular weight excluding hydrogens is 1510 g/mol. The van der Waals surface area contributed by atoms with Crippen LogP contribution in [-0.4, -0.2) is 244 Å². The number of carboxylic acid groups (broad SMARTS) is 1. The zero-order valence-electron chi connectivity index (χ0n) is 66.5. The number of aliphatic carboxylic acids is 1. The third kappa shape index (κ3) is 28.4. The first-order valence-corrected chi connectivity index (χ1v) is 40.7. The van der Waals surface area contributed by atoms with Crippen LogP contribution in [0.5, 0.6) is 0 Å². The van der Waals surface area contributed by atoms with Crippen LogP contribution in [0.25, 0.3) is 0 Å². The molecular formula is C77H114N14O20S2. The molecule has 3 fully saturated rings. The van der Waals surface area contributed by atoms with Gasteiger partial charge in [0.05, 0.1) is 24.8 Å². The molecule has 0 spiro atoms. The number of hydrogen-bond donors (Lipinski definition) is 14. The summed E-state index contributed by atoms with van der Waals surface area (Å²) < 4.78 is 11.5. The summed E-state index contributed by atoms with van der Waals surface area (Å²) in [6, 6.07) is -4.17. The van der Waals surface area contributed by atoms with E-state index in [4.69, 9.17) is 9.47 Å². The minimum Gasteiger partial charge on any atom is -0.481 e. The van der Waals surface area contributed by atoms with Crippen molar-refractivity contribution >= 4 is 116 Å². The van der Waals surface area contributed by atoms with Gasteiger partial charge in [-0.25, -0.2) is 4.79 Å². The van der Waals surface area contributed by atoms with Gasteiger partial charge in [0.2, 0.25) is 76.8 Å². The monoisotopic (exact) mass is 1620 g/mol. The summed E-state index contributed by atoms with van der Waals surface area (Å²) in [6.45, 7) is 20.1. The summed E-state index contributed by atoms with van der Waals surface area (Å²) in [7, 11) is 4.24. The van der Waals surface area contributed by atoms with Crippen LogP contribution in [-0.2, 0) is 99.0 Å². The molecule has 0 aliphatic carbocycles. The van der Waals surface area contributed by atoms with Gasteiger partial charge in [0.15, 0.2) is 6.04 Å². The summed E-state index contributed by atoms with van der Waals surface area (Å²) in [6.07, 6.45) is -3.54. The molecule has 0 saturated carbocycles. The minimum atomic E-state index is -2.05. The lowest BCUT2D eigenvalue weighted by molar-refractivity contribution is -0.158. The predicted octanol–water partition coefficient (Wildman–Crippen LogP) is 0.0792. The van der Waals surface area contributed by atoms with Gasteiger partial charge in [-0.2, -0.15) is 0 Å². The number of nitrogens with one attached hydrogen (secondary N) is 12. The van der Waals surface area contributed by atoms with Crippen molar-refractivity contribution in [3.63, 3.8) is 0 Å². The number of cyclic esters (lactones) is 1. The van der Waals surface area contributed by atoms with Crippen molar-refractivity contribution in [2.75, 3.05) is 38.8 Å². The fraction of sp³-hybridized carbons (Fsp3) is 0.610. The number of nitrogens with zero attached hydrogens (tertiary/aromatic N) is 2. The maximum atomic E-state index is 15.6. The minimum absolute atomic E-state index is 0.0134. The van der Waals surface area contributed by atoms with Gasteiger partial charge in [-0.15, -0.1) is 0 Å². The first-order valence-electron chi connectivity index (χ1n) is 38.3. The topological polar surface area (TPSA) is 483 Å². The molecule has 14 amide bonds. The molecule has 0 aromatic heterocycles. The van der Waals surface area contributed by atoms with Gasteiger partial charge in [0, 0.05) is 51.5 Å². The zero-order valence-corrected chi connectivity index (χ0v) is 68.1. The second kappa shape index (κ2) is 45.9. The van der Waals surface area contributed by atoms with Crippen LogP contribution in [0.2, 0.25) is 0 Å². The van der Waals surface area contributed by atoms with E-state index in [1.54, 1.807) is 109 Å². The average molecular weight is 1620 g/mol. The zero-order chi connectivity index (χ0) is 84.1. The number of aliphatic hydroxyl groups is 1. The van der Waals surface area contributed by atoms with E-state index in [2.05, 4.69) is 70.4 Å². The SMILES string of the molecule is C=C1NC(=O)C([C@@H](C)CC)NC(=O)[C@@H]2CSSC[C@H](NC(=O)CCC(=O)O)C(=O)N[C@H](Cc3ccccc3)C(=O)N[C@H](C)C(=O)NC(C[C@@H](C)CC)C(=O)N[C@@H](C(=O)N[C@H](Cc3ccccc3)C(=O)N3CCC[C@H]3C(=O)N2)[C@@H](C)OC(=O)[C@H](CO)NC(=O)[C@H]([C@@H](C)OC)N(C)C(=O)C(C(C)C)NC(=O)[C@H](C[C@H](C)CC)NC1=O. The number of carbonyl (C=O) groups excluding carboxylic acids is 15. The molecule has 3 saturated heterocycles. The molecule has 624 valence electrons. The highest BCUT2D eigenvalue weighted by atomic mass is 33.1. The molecule has 3 unspecified atom stereocenters. The molecule has 2 aromatic rings. The van der Waals surface area contributed by atoms with E-state index >= 15 is 24.0 Å². The first kappa shape index (κ1) is 93.9. The Labute approximate surface area is 667 Å². The lowest BCUT2D eigenvalue weighted by atomic mass is 9.96. The number of rotatable bonds is 20. The van der Waals surface area contributed by atoms with Crippen molar-refractivity contribution in [1.82, 2.24) is 73.6 Å². The van der Waals surface area contributed by atoms with Crippen molar-refractivity contribution in [3.8, 4) is 0 Å². The molecule has 3 aliphatic heterocycles. The number of fused-ring (bicyclic) bond motifs is 6. The number of carbonyl (C=O) groups is 16. The fourth-order valence-corrected chi connectivity index (χ4v) is 15.0. The molecule has 14 N–H and O–H groups in total. The second-order valence-electron chi connectivity index (χ2n) is 29.4. The molecule has 2 bridgehead atoms. The third-order valence-electron chi connectivity index (χ3n) is 20.3. The van der Waals surface area contributed by atoms with Crippen molar-refractivity contribution in [1.29, 1.82) is 0 Å². The van der Waals surface area contributed by atoms with Crippen LogP contribution < -0.4 is 63.8 Å². The summed E-state index contributed by atoms with van der Waals surface area (Å²) in [5, 5.41) is 51.9. The van der Waals surface area contributed by atoms with Gasteiger partial charge in [-0.05, 0) is 81.3 Å². The van der Waals surface area contributed by atoms with Crippen molar-refractivity contribution in [2.45, 2.75) is 238 Å². The van der Waals surface area contributed by atoms with Crippen molar-refractivity contribution in [2.24, 2.45) is 23.7 Å². The maximum Gasteiger partial charge on any atom is 0.331 e. The Morgan fingerprint density at radius 3 is 1.70 bits per heavy atom. The highest BCUT2D eigenvalue weighted by Gasteiger charge is 2.45. The third-order valence-corrected chi connectivity index (χ3v) is 22.7. The molecule has 5 rings (SSSR count). The highest BCUT2D eigenvalue weighted by molar-refractivity contribution is 8.76. The molecule has 3 aliphatic rings. The second-order valence-corrected chi connectivity index (χ2v) is 32.0. The first-order chi connectivity index (χ1) is 53.5. The summed E-state index contributed by atoms with van der Waals surface area (Å²) in [5.41, 5.74) is 0.407. The van der Waals surface area contributed by atoms with E-state index in [0.29, 0.717) is 24.0 Å². The molecule has 34 nitrogen and oxygen atoms in total. The van der Waals surface area contributed by atoms with E-state index in [0.717, 1.165) is 26.5 Å². The van der Waals surface area contributed by atoms with E-state index in [-0.39, 0.29) is 69.1 Å². The number of carboxylic acids is 1. The molecule has 18 atom stereocenters. The number of benzene rings is 2. The summed E-state index contributed by atoms with van der Waals surface area (Å²) in [5.74, 6) is -19.1. The Kier molecular flexibility index (Phi) is 38.1. The Hall–Kier alpha value is -9.68. The Morgan fingerprint density at radius 2 is 1.13 bits per heavy atom. The van der Waals surface area contributed by atoms with Crippen LogP contribution in [0.4, 0.5) is 0 Å². The number of esters is 1. The number of aliphatic hydroxyl groups excluding tert-OH is 1. The van der Waals surface area contributed by atoms with Crippen LogP contribution in [0.15, 0.2) is 72.9 Å². The lowest BCUT2D eigenvalue weighted by Gasteiger charge is -2.36. The van der Waals surface area contributed by atoms with Gasteiger partial charge in [-0.1, -0.05) is 163 Å². The number of hydrogen-bond acceptors (Lipinski definition) is 21. The van der Waals surface area contributed by atoms with Crippen LogP contribution in [0, 0.1) is 23.7 Å². The normalized spacial score (nSPS) is 27.4.